The summed E-state index contributed by atoms with van der Waals surface area (Å²) in [4.78, 5) is 23.1. The van der Waals surface area contributed by atoms with Crippen molar-refractivity contribution >= 4 is 6.29 Å². The Kier molecular flexibility index (Phi) is 5.47. The number of carbonyl (C=O) groups excluding carboxylic acids is 1. The van der Waals surface area contributed by atoms with Gasteiger partial charge < -0.3 is 4.74 Å². The van der Waals surface area contributed by atoms with Crippen molar-refractivity contribution in [1.29, 1.82) is 0 Å². The van der Waals surface area contributed by atoms with Gasteiger partial charge in [0.05, 0.1) is 17.9 Å². The second-order valence-corrected chi connectivity index (χ2v) is 5.00. The maximum absolute atomic E-state index is 12.0. The molecule has 5 heteroatoms. The maximum Gasteiger partial charge on any atom is 0.277 e. The molecule has 0 aliphatic rings. The topological polar surface area (TPSA) is 61.2 Å². The SMILES string of the molecule is CCCOc1ccc(-c2cc(C=O)c(=O)n(CCC)n2)cc1. The summed E-state index contributed by atoms with van der Waals surface area (Å²) in [6.07, 6.45) is 2.31. The van der Waals surface area contributed by atoms with Gasteiger partial charge in [0.15, 0.2) is 6.29 Å². The van der Waals surface area contributed by atoms with E-state index in [-0.39, 0.29) is 11.1 Å². The summed E-state index contributed by atoms with van der Waals surface area (Å²) in [7, 11) is 0. The average Bonchev–Trinajstić information content (AvgIpc) is 2.55. The van der Waals surface area contributed by atoms with Gasteiger partial charge in [-0.05, 0) is 43.2 Å². The highest BCUT2D eigenvalue weighted by Crippen LogP contribution is 2.20. The van der Waals surface area contributed by atoms with Gasteiger partial charge in [-0.1, -0.05) is 13.8 Å². The van der Waals surface area contributed by atoms with E-state index in [1.165, 1.54) is 10.7 Å². The first-order chi connectivity index (χ1) is 10.7. The number of carbonyl (C=O) groups is 1. The highest BCUT2D eigenvalue weighted by Gasteiger charge is 2.09. The Bertz CT molecular complexity index is 690. The van der Waals surface area contributed by atoms with E-state index in [1.54, 1.807) is 0 Å². The lowest BCUT2D eigenvalue weighted by Gasteiger charge is -2.09. The Morgan fingerprint density at radius 3 is 2.50 bits per heavy atom. The van der Waals surface area contributed by atoms with Crippen LogP contribution < -0.4 is 10.3 Å². The molecule has 0 atom stereocenters. The van der Waals surface area contributed by atoms with Crippen LogP contribution in [-0.4, -0.2) is 22.7 Å². The fourth-order valence-corrected chi connectivity index (χ4v) is 2.09. The smallest absolute Gasteiger partial charge is 0.277 e. The van der Waals surface area contributed by atoms with Crippen LogP contribution in [-0.2, 0) is 6.54 Å². The van der Waals surface area contributed by atoms with Gasteiger partial charge in [-0.3, -0.25) is 9.59 Å². The Morgan fingerprint density at radius 2 is 1.91 bits per heavy atom. The van der Waals surface area contributed by atoms with Crippen molar-refractivity contribution in [2.45, 2.75) is 33.2 Å². The van der Waals surface area contributed by atoms with Gasteiger partial charge in [-0.2, -0.15) is 5.10 Å². The van der Waals surface area contributed by atoms with Gasteiger partial charge in [0.1, 0.15) is 5.75 Å². The molecule has 2 aromatic rings. The fraction of sp³-hybridized carbons (Fsp3) is 0.353. The van der Waals surface area contributed by atoms with Crippen molar-refractivity contribution in [1.82, 2.24) is 9.78 Å². The molecule has 1 aromatic heterocycles. The van der Waals surface area contributed by atoms with Crippen LogP contribution in [0.25, 0.3) is 11.3 Å². The molecule has 22 heavy (non-hydrogen) atoms. The molecule has 0 N–H and O–H groups in total. The average molecular weight is 300 g/mol. The first-order valence-electron chi connectivity index (χ1n) is 7.50. The molecule has 0 amide bonds. The lowest BCUT2D eigenvalue weighted by Crippen LogP contribution is -2.26. The molecule has 0 bridgehead atoms. The number of rotatable bonds is 7. The number of benzene rings is 1. The molecule has 0 unspecified atom stereocenters. The first kappa shape index (κ1) is 15.9. The van der Waals surface area contributed by atoms with Crippen LogP contribution in [0.4, 0.5) is 0 Å². The summed E-state index contributed by atoms with van der Waals surface area (Å²) in [5.41, 5.74) is 1.24. The summed E-state index contributed by atoms with van der Waals surface area (Å²) in [6, 6.07) is 9.01. The quantitative estimate of drug-likeness (QED) is 0.738. The number of ether oxygens (including phenoxy) is 1. The number of hydrogen-bond acceptors (Lipinski definition) is 4. The van der Waals surface area contributed by atoms with E-state index in [0.29, 0.717) is 25.1 Å². The van der Waals surface area contributed by atoms with Crippen LogP contribution in [0.2, 0.25) is 0 Å². The minimum atomic E-state index is -0.344. The van der Waals surface area contributed by atoms with Crippen molar-refractivity contribution in [3.05, 3.63) is 46.2 Å². The number of hydrogen-bond donors (Lipinski definition) is 0. The Balaban J connectivity index is 2.37. The highest BCUT2D eigenvalue weighted by molar-refractivity contribution is 5.76. The third kappa shape index (κ3) is 3.61. The molecular weight excluding hydrogens is 280 g/mol. The lowest BCUT2D eigenvalue weighted by molar-refractivity contribution is 0.112. The Labute approximate surface area is 129 Å². The Hall–Kier alpha value is -2.43. The molecule has 2 rings (SSSR count). The van der Waals surface area contributed by atoms with Crippen LogP contribution in [0, 0.1) is 0 Å². The van der Waals surface area contributed by atoms with Crippen molar-refractivity contribution in [3.63, 3.8) is 0 Å². The zero-order valence-electron chi connectivity index (χ0n) is 12.9. The van der Waals surface area contributed by atoms with Gasteiger partial charge in [-0.15, -0.1) is 0 Å². The van der Waals surface area contributed by atoms with E-state index >= 15 is 0 Å². The third-order valence-corrected chi connectivity index (χ3v) is 3.19. The van der Waals surface area contributed by atoms with Crippen LogP contribution in [0.5, 0.6) is 5.75 Å². The normalized spacial score (nSPS) is 10.5. The summed E-state index contributed by atoms with van der Waals surface area (Å²) < 4.78 is 6.89. The molecule has 1 heterocycles. The molecule has 0 spiro atoms. The zero-order chi connectivity index (χ0) is 15.9. The first-order valence-corrected chi connectivity index (χ1v) is 7.50. The summed E-state index contributed by atoms with van der Waals surface area (Å²) in [5, 5.41) is 4.34. The molecule has 5 nitrogen and oxygen atoms in total. The number of nitrogens with zero attached hydrogens (tertiary/aromatic N) is 2. The van der Waals surface area contributed by atoms with Crippen molar-refractivity contribution in [3.8, 4) is 17.0 Å². The van der Waals surface area contributed by atoms with Gasteiger partial charge >= 0.3 is 0 Å². The van der Waals surface area contributed by atoms with E-state index in [4.69, 9.17) is 4.74 Å². The van der Waals surface area contributed by atoms with Crippen LogP contribution in [0.15, 0.2) is 35.1 Å². The molecule has 0 aliphatic heterocycles. The van der Waals surface area contributed by atoms with Crippen molar-refractivity contribution in [2.75, 3.05) is 6.61 Å². The largest absolute Gasteiger partial charge is 0.494 e. The lowest BCUT2D eigenvalue weighted by atomic mass is 10.1. The molecule has 0 saturated carbocycles. The molecule has 1 aromatic carbocycles. The summed E-state index contributed by atoms with van der Waals surface area (Å²) >= 11 is 0. The van der Waals surface area contributed by atoms with Crippen LogP contribution in [0.1, 0.15) is 37.0 Å². The van der Waals surface area contributed by atoms with Crippen LogP contribution >= 0.6 is 0 Å². The fourth-order valence-electron chi connectivity index (χ4n) is 2.09. The predicted octanol–water partition coefficient (Wildman–Crippen LogP) is 2.92. The standard InChI is InChI=1S/C17H20N2O3/c1-3-9-19-17(21)14(12-20)11-16(18-19)13-5-7-15(8-6-13)22-10-4-2/h5-8,11-12H,3-4,9-10H2,1-2H3. The van der Waals surface area contributed by atoms with E-state index < -0.39 is 0 Å². The predicted molar refractivity (Wildman–Crippen MR) is 85.4 cm³/mol. The minimum Gasteiger partial charge on any atom is -0.494 e. The third-order valence-electron chi connectivity index (χ3n) is 3.19. The second-order valence-electron chi connectivity index (χ2n) is 5.00. The summed E-state index contributed by atoms with van der Waals surface area (Å²) in [5.74, 6) is 0.795. The molecule has 0 fully saturated rings. The second kappa shape index (κ2) is 7.54. The monoisotopic (exact) mass is 300 g/mol. The summed E-state index contributed by atoms with van der Waals surface area (Å²) in [6.45, 7) is 5.18. The molecule has 0 aliphatic carbocycles. The number of aromatic nitrogens is 2. The number of aryl methyl sites for hydroxylation is 1. The van der Waals surface area contributed by atoms with E-state index in [1.807, 2.05) is 31.2 Å². The van der Waals surface area contributed by atoms with E-state index in [9.17, 15) is 9.59 Å². The van der Waals surface area contributed by atoms with Crippen molar-refractivity contribution in [2.24, 2.45) is 0 Å². The van der Waals surface area contributed by atoms with Crippen molar-refractivity contribution < 1.29 is 9.53 Å². The zero-order valence-corrected chi connectivity index (χ0v) is 12.9. The van der Waals surface area contributed by atoms with Gasteiger partial charge in [-0.25, -0.2) is 4.68 Å². The van der Waals surface area contributed by atoms with Gasteiger partial charge in [0.2, 0.25) is 0 Å². The van der Waals surface area contributed by atoms with E-state index in [2.05, 4.69) is 12.0 Å². The highest BCUT2D eigenvalue weighted by atomic mass is 16.5. The number of aldehydes is 1. The molecule has 116 valence electrons. The van der Waals surface area contributed by atoms with Crippen LogP contribution in [0.3, 0.4) is 0 Å². The van der Waals surface area contributed by atoms with E-state index in [0.717, 1.165) is 24.2 Å². The molecule has 0 radical (unpaired) electrons. The minimum absolute atomic E-state index is 0.129. The Morgan fingerprint density at radius 1 is 1.18 bits per heavy atom. The van der Waals surface area contributed by atoms with Gasteiger partial charge in [0.25, 0.3) is 5.56 Å². The maximum atomic E-state index is 12.0. The molecular formula is C17H20N2O3. The molecule has 0 saturated heterocycles. The van der Waals surface area contributed by atoms with Gasteiger partial charge in [0, 0.05) is 12.1 Å².